The van der Waals surface area contributed by atoms with Crippen LogP contribution in [0.5, 0.6) is 0 Å². The molecule has 4 heteroatoms. The average molecular weight is 325 g/mol. The van der Waals surface area contributed by atoms with Crippen molar-refractivity contribution in [2.24, 2.45) is 0 Å². The summed E-state index contributed by atoms with van der Waals surface area (Å²) in [6, 6.07) is 14.7. The van der Waals surface area contributed by atoms with Crippen molar-refractivity contribution in [2.45, 2.75) is 19.9 Å². The molecule has 0 aromatic heterocycles. The van der Waals surface area contributed by atoms with Crippen LogP contribution in [0.15, 0.2) is 42.5 Å². The van der Waals surface area contributed by atoms with Gasteiger partial charge in [0.25, 0.3) is 0 Å². The molecule has 1 atom stereocenters. The third-order valence-corrected chi connectivity index (χ3v) is 4.93. The first kappa shape index (κ1) is 16.9. The number of hydrogen-bond donors (Lipinski definition) is 1. The van der Waals surface area contributed by atoms with Gasteiger partial charge in [-0.2, -0.15) is 0 Å². The molecule has 0 saturated carbocycles. The van der Waals surface area contributed by atoms with Gasteiger partial charge in [0.1, 0.15) is 0 Å². The Kier molecular flexibility index (Phi) is 5.48. The van der Waals surface area contributed by atoms with E-state index in [4.69, 9.17) is 0 Å². The number of hydrogen-bond acceptors (Lipinski definition) is 3. The summed E-state index contributed by atoms with van der Waals surface area (Å²) in [7, 11) is 0. The van der Waals surface area contributed by atoms with Gasteiger partial charge in [-0.05, 0) is 35.9 Å². The number of nitrogens with zero attached hydrogens (tertiary/aromatic N) is 2. The first-order valence-corrected chi connectivity index (χ1v) is 8.88. The van der Waals surface area contributed by atoms with Crippen LogP contribution in [0.3, 0.4) is 0 Å². The molecule has 0 bridgehead atoms. The highest BCUT2D eigenvalue weighted by Gasteiger charge is 2.18. The zero-order valence-corrected chi connectivity index (χ0v) is 14.7. The van der Waals surface area contributed by atoms with Crippen LogP contribution in [0.25, 0.3) is 10.8 Å². The maximum Gasteiger partial charge on any atom is 0.234 e. The van der Waals surface area contributed by atoms with Crippen LogP contribution in [0, 0.1) is 0 Å². The van der Waals surface area contributed by atoms with E-state index in [0.29, 0.717) is 6.54 Å². The fraction of sp³-hybridized carbons (Fsp3) is 0.450. The van der Waals surface area contributed by atoms with E-state index < -0.39 is 0 Å². The number of amides is 1. The predicted molar refractivity (Wildman–Crippen MR) is 99.1 cm³/mol. The van der Waals surface area contributed by atoms with E-state index in [9.17, 15) is 4.79 Å². The molecule has 2 aromatic rings. The molecule has 1 fully saturated rings. The van der Waals surface area contributed by atoms with E-state index >= 15 is 0 Å². The van der Waals surface area contributed by atoms with Crippen LogP contribution in [-0.2, 0) is 4.79 Å². The fourth-order valence-corrected chi connectivity index (χ4v) is 3.31. The third-order valence-electron chi connectivity index (χ3n) is 4.93. The molecule has 1 amide bonds. The number of nitrogens with one attached hydrogen (secondary N) is 1. The van der Waals surface area contributed by atoms with E-state index in [1.807, 2.05) is 12.1 Å². The Morgan fingerprint density at radius 2 is 1.71 bits per heavy atom. The maximum atomic E-state index is 12.3. The highest BCUT2D eigenvalue weighted by molar-refractivity contribution is 5.83. The highest BCUT2D eigenvalue weighted by atomic mass is 16.2. The summed E-state index contributed by atoms with van der Waals surface area (Å²) in [5.41, 5.74) is 1.15. The van der Waals surface area contributed by atoms with Gasteiger partial charge in [-0.1, -0.05) is 43.3 Å². The normalized spacial score (nSPS) is 17.8. The van der Waals surface area contributed by atoms with Crippen molar-refractivity contribution in [3.05, 3.63) is 48.0 Å². The molecule has 0 aliphatic carbocycles. The Labute approximate surface area is 144 Å². The third kappa shape index (κ3) is 4.13. The molecule has 0 radical (unpaired) electrons. The summed E-state index contributed by atoms with van der Waals surface area (Å²) < 4.78 is 0. The summed E-state index contributed by atoms with van der Waals surface area (Å²) in [6.07, 6.45) is 0. The van der Waals surface area contributed by atoms with Crippen molar-refractivity contribution in [2.75, 3.05) is 39.3 Å². The fourth-order valence-electron chi connectivity index (χ4n) is 3.31. The molecular formula is C20H27N3O. The Morgan fingerprint density at radius 3 is 2.42 bits per heavy atom. The van der Waals surface area contributed by atoms with E-state index in [2.05, 4.69) is 59.3 Å². The molecule has 1 saturated heterocycles. The lowest BCUT2D eigenvalue weighted by molar-refractivity contribution is -0.123. The molecule has 0 unspecified atom stereocenters. The van der Waals surface area contributed by atoms with Crippen molar-refractivity contribution >= 4 is 16.7 Å². The molecule has 128 valence electrons. The summed E-state index contributed by atoms with van der Waals surface area (Å²) in [6.45, 7) is 9.91. The minimum absolute atomic E-state index is 0.0269. The van der Waals surface area contributed by atoms with Gasteiger partial charge in [-0.15, -0.1) is 0 Å². The van der Waals surface area contributed by atoms with Gasteiger partial charge >= 0.3 is 0 Å². The summed E-state index contributed by atoms with van der Waals surface area (Å²) in [5, 5.41) is 5.58. The van der Waals surface area contributed by atoms with Gasteiger partial charge in [0.05, 0.1) is 12.6 Å². The largest absolute Gasteiger partial charge is 0.348 e. The lowest BCUT2D eigenvalue weighted by Gasteiger charge is -2.33. The number of likely N-dealkylation sites (N-methyl/N-ethyl adjacent to an activating group) is 1. The minimum atomic E-state index is 0.0269. The van der Waals surface area contributed by atoms with Gasteiger partial charge in [0.2, 0.25) is 5.91 Å². The highest BCUT2D eigenvalue weighted by Crippen LogP contribution is 2.20. The zero-order valence-electron chi connectivity index (χ0n) is 14.7. The van der Waals surface area contributed by atoms with E-state index in [1.54, 1.807) is 0 Å². The molecule has 1 aliphatic heterocycles. The van der Waals surface area contributed by atoms with Crippen LogP contribution in [-0.4, -0.2) is 55.0 Å². The van der Waals surface area contributed by atoms with E-state index in [-0.39, 0.29) is 11.9 Å². The monoisotopic (exact) mass is 325 g/mol. The molecular weight excluding hydrogens is 298 g/mol. The molecule has 3 rings (SSSR count). The van der Waals surface area contributed by atoms with Crippen LogP contribution >= 0.6 is 0 Å². The second-order valence-electron chi connectivity index (χ2n) is 6.61. The summed E-state index contributed by atoms with van der Waals surface area (Å²) >= 11 is 0. The molecule has 1 N–H and O–H groups in total. The van der Waals surface area contributed by atoms with Crippen LogP contribution in [0.2, 0.25) is 0 Å². The van der Waals surface area contributed by atoms with Gasteiger partial charge in [-0.25, -0.2) is 0 Å². The van der Waals surface area contributed by atoms with Crippen LogP contribution < -0.4 is 5.32 Å². The number of carbonyl (C=O) groups is 1. The quantitative estimate of drug-likeness (QED) is 0.918. The molecule has 1 aliphatic rings. The van der Waals surface area contributed by atoms with E-state index in [1.165, 1.54) is 10.8 Å². The van der Waals surface area contributed by atoms with Gasteiger partial charge in [0, 0.05) is 26.2 Å². The molecule has 0 spiro atoms. The van der Waals surface area contributed by atoms with Crippen LogP contribution in [0.1, 0.15) is 25.5 Å². The number of piperazine rings is 1. The Balaban J connectivity index is 1.55. The predicted octanol–water partition coefficient (Wildman–Crippen LogP) is 2.65. The zero-order chi connectivity index (χ0) is 16.9. The first-order chi connectivity index (χ1) is 11.7. The molecule has 4 nitrogen and oxygen atoms in total. The van der Waals surface area contributed by atoms with Crippen molar-refractivity contribution in [3.8, 4) is 0 Å². The average Bonchev–Trinajstić information content (AvgIpc) is 2.61. The van der Waals surface area contributed by atoms with Crippen molar-refractivity contribution in [1.82, 2.24) is 15.1 Å². The summed E-state index contributed by atoms with van der Waals surface area (Å²) in [5.74, 6) is 0.112. The molecule has 2 aromatic carbocycles. The van der Waals surface area contributed by atoms with E-state index in [0.717, 1.165) is 38.3 Å². The first-order valence-electron chi connectivity index (χ1n) is 8.88. The topological polar surface area (TPSA) is 35.6 Å². The second kappa shape index (κ2) is 7.77. The maximum absolute atomic E-state index is 12.3. The number of benzene rings is 2. The van der Waals surface area contributed by atoms with Crippen LogP contribution in [0.4, 0.5) is 0 Å². The smallest absolute Gasteiger partial charge is 0.234 e. The van der Waals surface area contributed by atoms with Crippen molar-refractivity contribution < 1.29 is 4.79 Å². The summed E-state index contributed by atoms with van der Waals surface area (Å²) in [4.78, 5) is 17.0. The Morgan fingerprint density at radius 1 is 1.04 bits per heavy atom. The minimum Gasteiger partial charge on any atom is -0.348 e. The van der Waals surface area contributed by atoms with Crippen molar-refractivity contribution in [3.63, 3.8) is 0 Å². The molecule has 1 heterocycles. The second-order valence-corrected chi connectivity index (χ2v) is 6.61. The van der Waals surface area contributed by atoms with Gasteiger partial charge in [0.15, 0.2) is 0 Å². The SMILES string of the molecule is CCN1CCN(CC(=O)N[C@@H](C)c2ccc3ccccc3c2)CC1. The number of fused-ring (bicyclic) bond motifs is 1. The van der Waals surface area contributed by atoms with Gasteiger partial charge < -0.3 is 10.2 Å². The number of rotatable bonds is 5. The Bertz CT molecular complexity index is 692. The molecule has 24 heavy (non-hydrogen) atoms. The standard InChI is InChI=1S/C20H27N3O/c1-3-22-10-12-23(13-11-22)15-20(24)21-16(2)18-9-8-17-6-4-5-7-19(17)14-18/h4-9,14,16H,3,10-13,15H2,1-2H3,(H,21,24)/t16-/m0/s1. The van der Waals surface area contributed by atoms with Gasteiger partial charge in [-0.3, -0.25) is 9.69 Å². The number of carbonyl (C=O) groups excluding carboxylic acids is 1. The lowest BCUT2D eigenvalue weighted by atomic mass is 10.0. The van der Waals surface area contributed by atoms with Crippen molar-refractivity contribution in [1.29, 1.82) is 0 Å². The Hall–Kier alpha value is -1.91. The lowest BCUT2D eigenvalue weighted by Crippen LogP contribution is -2.49.